The molecule has 2 rings (SSSR count). The fraction of sp³-hybridized carbons (Fsp3) is 0.294. The van der Waals surface area contributed by atoms with Gasteiger partial charge in [0.25, 0.3) is 5.91 Å². The fourth-order valence-electron chi connectivity index (χ4n) is 2.08. The smallest absolute Gasteiger partial charge is 0.261 e. The van der Waals surface area contributed by atoms with Crippen molar-refractivity contribution in [3.8, 4) is 5.75 Å². The van der Waals surface area contributed by atoms with Crippen LogP contribution in [0.4, 0.5) is 5.69 Å². The maximum Gasteiger partial charge on any atom is 0.261 e. The summed E-state index contributed by atoms with van der Waals surface area (Å²) in [5.74, 6) is 0.440. The van der Waals surface area contributed by atoms with Gasteiger partial charge in [-0.15, -0.1) is 11.3 Å². The Labute approximate surface area is 139 Å². The molecule has 1 heterocycles. The number of aryl methyl sites for hydroxylation is 1. The van der Waals surface area contributed by atoms with Crippen molar-refractivity contribution in [1.82, 2.24) is 5.32 Å². The van der Waals surface area contributed by atoms with Crippen LogP contribution in [0.2, 0.25) is 0 Å². The lowest BCUT2D eigenvalue weighted by atomic mass is 10.2. The van der Waals surface area contributed by atoms with Gasteiger partial charge < -0.3 is 15.4 Å². The second-order valence-corrected chi connectivity index (χ2v) is 6.04. The molecule has 0 spiro atoms. The van der Waals surface area contributed by atoms with E-state index in [-0.39, 0.29) is 11.8 Å². The van der Waals surface area contributed by atoms with E-state index in [1.54, 1.807) is 13.2 Å². The number of amides is 2. The van der Waals surface area contributed by atoms with Crippen molar-refractivity contribution in [2.24, 2.45) is 0 Å². The Hall–Kier alpha value is -2.34. The normalized spacial score (nSPS) is 10.2. The van der Waals surface area contributed by atoms with Crippen molar-refractivity contribution in [2.75, 3.05) is 19.0 Å². The third-order valence-corrected chi connectivity index (χ3v) is 4.11. The highest BCUT2D eigenvalue weighted by Gasteiger charge is 2.09. The van der Waals surface area contributed by atoms with Crippen molar-refractivity contribution >= 4 is 28.8 Å². The lowest BCUT2D eigenvalue weighted by molar-refractivity contribution is -0.116. The summed E-state index contributed by atoms with van der Waals surface area (Å²) in [6, 6.07) is 9.23. The predicted molar refractivity (Wildman–Crippen MR) is 92.2 cm³/mol. The van der Waals surface area contributed by atoms with Crippen LogP contribution < -0.4 is 15.4 Å². The van der Waals surface area contributed by atoms with E-state index in [0.29, 0.717) is 35.7 Å². The van der Waals surface area contributed by atoms with E-state index in [1.807, 2.05) is 36.6 Å². The average molecular weight is 332 g/mol. The molecule has 0 fully saturated rings. The Morgan fingerprint density at radius 1 is 1.26 bits per heavy atom. The highest BCUT2D eigenvalue weighted by molar-refractivity contribution is 7.12. The highest BCUT2D eigenvalue weighted by Crippen LogP contribution is 2.25. The van der Waals surface area contributed by atoms with Crippen molar-refractivity contribution in [1.29, 1.82) is 0 Å². The molecule has 0 bridgehead atoms. The van der Waals surface area contributed by atoms with Gasteiger partial charge in [-0.2, -0.15) is 0 Å². The summed E-state index contributed by atoms with van der Waals surface area (Å²) in [7, 11) is 1.57. The summed E-state index contributed by atoms with van der Waals surface area (Å²) in [5.41, 5.74) is 1.71. The molecule has 0 saturated carbocycles. The lowest BCUT2D eigenvalue weighted by Crippen LogP contribution is -2.24. The molecule has 23 heavy (non-hydrogen) atoms. The summed E-state index contributed by atoms with van der Waals surface area (Å²) in [4.78, 5) is 24.4. The largest absolute Gasteiger partial charge is 0.495 e. The molecule has 1 aromatic carbocycles. The van der Waals surface area contributed by atoms with E-state index in [1.165, 1.54) is 11.3 Å². The third kappa shape index (κ3) is 5.10. The van der Waals surface area contributed by atoms with Gasteiger partial charge in [-0.3, -0.25) is 9.59 Å². The van der Waals surface area contributed by atoms with Crippen LogP contribution in [0.25, 0.3) is 0 Å². The summed E-state index contributed by atoms with van der Waals surface area (Å²) in [6.45, 7) is 2.42. The van der Waals surface area contributed by atoms with Crippen molar-refractivity contribution in [3.63, 3.8) is 0 Å². The molecule has 2 aromatic rings. The molecule has 5 nitrogen and oxygen atoms in total. The minimum atomic E-state index is -0.0979. The molecule has 6 heteroatoms. The van der Waals surface area contributed by atoms with Gasteiger partial charge in [0.1, 0.15) is 5.75 Å². The molecule has 1 aromatic heterocycles. The first kappa shape index (κ1) is 17.0. The number of carbonyl (C=O) groups excluding carboxylic acids is 2. The summed E-state index contributed by atoms with van der Waals surface area (Å²) in [6.07, 6.45) is 0.916. The van der Waals surface area contributed by atoms with E-state index in [9.17, 15) is 9.59 Å². The number of rotatable bonds is 7. The molecule has 0 atom stereocenters. The molecular formula is C17H20N2O3S. The Morgan fingerprint density at radius 3 is 2.78 bits per heavy atom. The van der Waals surface area contributed by atoms with Crippen LogP contribution in [-0.4, -0.2) is 25.5 Å². The van der Waals surface area contributed by atoms with Crippen molar-refractivity contribution in [2.45, 2.75) is 19.8 Å². The minimum absolute atomic E-state index is 0.0965. The first-order chi connectivity index (χ1) is 11.1. The Morgan fingerprint density at radius 2 is 2.09 bits per heavy atom. The topological polar surface area (TPSA) is 67.4 Å². The molecule has 2 N–H and O–H groups in total. The number of hydrogen-bond donors (Lipinski definition) is 2. The van der Waals surface area contributed by atoms with E-state index in [0.717, 1.165) is 5.56 Å². The van der Waals surface area contributed by atoms with Gasteiger partial charge in [-0.1, -0.05) is 12.1 Å². The van der Waals surface area contributed by atoms with Gasteiger partial charge in [0.05, 0.1) is 17.7 Å². The van der Waals surface area contributed by atoms with E-state index >= 15 is 0 Å². The van der Waals surface area contributed by atoms with Crippen LogP contribution in [0.5, 0.6) is 5.75 Å². The number of nitrogens with one attached hydrogen (secondary N) is 2. The Bertz CT molecular complexity index is 668. The zero-order valence-electron chi connectivity index (χ0n) is 13.2. The standard InChI is InChI=1S/C17H20N2O3S/c1-12-7-8-14(22-2)13(11-12)19-16(20)6-3-9-18-17(21)15-5-4-10-23-15/h4-5,7-8,10-11H,3,6,9H2,1-2H3,(H,18,21)(H,19,20). The van der Waals surface area contributed by atoms with Crippen LogP contribution in [0.1, 0.15) is 28.1 Å². The number of methoxy groups -OCH3 is 1. The van der Waals surface area contributed by atoms with Crippen molar-refractivity contribution in [3.05, 3.63) is 46.2 Å². The fourth-order valence-corrected chi connectivity index (χ4v) is 2.72. The van der Waals surface area contributed by atoms with E-state index in [2.05, 4.69) is 10.6 Å². The Balaban J connectivity index is 1.75. The maximum atomic E-state index is 12.0. The van der Waals surface area contributed by atoms with E-state index in [4.69, 9.17) is 4.74 Å². The number of benzene rings is 1. The second kappa shape index (κ2) is 8.33. The number of hydrogen-bond acceptors (Lipinski definition) is 4. The van der Waals surface area contributed by atoms with Crippen LogP contribution in [-0.2, 0) is 4.79 Å². The molecular weight excluding hydrogens is 312 g/mol. The molecule has 0 aliphatic carbocycles. The first-order valence-corrected chi connectivity index (χ1v) is 8.24. The molecule has 0 radical (unpaired) electrons. The quantitative estimate of drug-likeness (QED) is 0.765. The third-order valence-electron chi connectivity index (χ3n) is 3.24. The second-order valence-electron chi connectivity index (χ2n) is 5.09. The summed E-state index contributed by atoms with van der Waals surface area (Å²) in [5, 5.41) is 7.50. The van der Waals surface area contributed by atoms with Gasteiger partial charge >= 0.3 is 0 Å². The zero-order chi connectivity index (χ0) is 16.7. The maximum absolute atomic E-state index is 12.0. The molecule has 0 aliphatic rings. The van der Waals surface area contributed by atoms with Crippen LogP contribution in [0.15, 0.2) is 35.7 Å². The molecule has 122 valence electrons. The monoisotopic (exact) mass is 332 g/mol. The van der Waals surface area contributed by atoms with Gasteiger partial charge in [-0.25, -0.2) is 0 Å². The zero-order valence-corrected chi connectivity index (χ0v) is 14.0. The van der Waals surface area contributed by atoms with Gasteiger partial charge in [-0.05, 0) is 42.5 Å². The van der Waals surface area contributed by atoms with Gasteiger partial charge in [0.15, 0.2) is 0 Å². The number of anilines is 1. The van der Waals surface area contributed by atoms with Gasteiger partial charge in [0, 0.05) is 13.0 Å². The van der Waals surface area contributed by atoms with E-state index < -0.39 is 0 Å². The van der Waals surface area contributed by atoms with Crippen molar-refractivity contribution < 1.29 is 14.3 Å². The molecule has 2 amide bonds. The molecule has 0 saturated heterocycles. The lowest BCUT2D eigenvalue weighted by Gasteiger charge is -2.11. The Kier molecular flexibility index (Phi) is 6.17. The number of carbonyl (C=O) groups is 2. The first-order valence-electron chi connectivity index (χ1n) is 7.36. The van der Waals surface area contributed by atoms with Crippen LogP contribution in [0, 0.1) is 6.92 Å². The van der Waals surface area contributed by atoms with Crippen LogP contribution in [0.3, 0.4) is 0 Å². The summed E-state index contributed by atoms with van der Waals surface area (Å²) >= 11 is 1.40. The summed E-state index contributed by atoms with van der Waals surface area (Å²) < 4.78 is 5.23. The van der Waals surface area contributed by atoms with Crippen LogP contribution >= 0.6 is 11.3 Å². The predicted octanol–water partition coefficient (Wildman–Crippen LogP) is 3.21. The highest BCUT2D eigenvalue weighted by atomic mass is 32.1. The van der Waals surface area contributed by atoms with Gasteiger partial charge in [0.2, 0.25) is 5.91 Å². The molecule has 0 unspecified atom stereocenters. The number of ether oxygens (including phenoxy) is 1. The molecule has 0 aliphatic heterocycles. The minimum Gasteiger partial charge on any atom is -0.495 e. The number of thiophene rings is 1. The average Bonchev–Trinajstić information content (AvgIpc) is 3.06. The SMILES string of the molecule is COc1ccc(C)cc1NC(=O)CCCNC(=O)c1cccs1.